The molecule has 0 saturated carbocycles. The molecule has 2 aliphatic rings. The summed E-state index contributed by atoms with van der Waals surface area (Å²) in [5, 5.41) is 10.9. The number of alkyl halides is 3. The molecule has 0 aliphatic carbocycles. The Morgan fingerprint density at radius 3 is 2.38 bits per heavy atom. The van der Waals surface area contributed by atoms with Crippen molar-refractivity contribution in [2.75, 3.05) is 44.2 Å². The molecule has 40 heavy (non-hydrogen) atoms. The zero-order valence-corrected chi connectivity index (χ0v) is 21.7. The van der Waals surface area contributed by atoms with Crippen LogP contribution in [0.3, 0.4) is 0 Å². The number of nitrogens with zero attached hydrogens (tertiary/aromatic N) is 5. The molecule has 1 atom stereocenters. The summed E-state index contributed by atoms with van der Waals surface area (Å²) in [5.41, 5.74) is 1.23. The van der Waals surface area contributed by atoms with E-state index in [0.29, 0.717) is 12.3 Å². The number of halogens is 3. The normalized spacial score (nSPS) is 19.4. The third-order valence-corrected chi connectivity index (χ3v) is 6.66. The molecule has 5 rings (SSSR count). The van der Waals surface area contributed by atoms with Crippen LogP contribution in [0.4, 0.5) is 24.7 Å². The van der Waals surface area contributed by atoms with Crippen LogP contribution < -0.4 is 19.1 Å². The molecular formula is C27H28F3N5O5. The fourth-order valence-electron chi connectivity index (χ4n) is 4.65. The summed E-state index contributed by atoms with van der Waals surface area (Å²) in [6.07, 6.45) is 0.562. The Labute approximate surface area is 228 Å². The van der Waals surface area contributed by atoms with Gasteiger partial charge in [0.25, 0.3) is 0 Å². The minimum absolute atomic E-state index is 0.219. The van der Waals surface area contributed by atoms with Crippen molar-refractivity contribution in [3.63, 3.8) is 0 Å². The van der Waals surface area contributed by atoms with Gasteiger partial charge in [0.15, 0.2) is 5.60 Å². The maximum Gasteiger partial charge on any atom is 0.573 e. The van der Waals surface area contributed by atoms with Crippen molar-refractivity contribution in [3.05, 3.63) is 76.5 Å². The number of piperazine rings is 1. The molecule has 0 spiro atoms. The molecule has 0 radical (unpaired) electrons. The largest absolute Gasteiger partial charge is 0.573 e. The van der Waals surface area contributed by atoms with E-state index >= 15 is 0 Å². The summed E-state index contributed by atoms with van der Waals surface area (Å²) < 4.78 is 54.1. The second-order valence-electron chi connectivity index (χ2n) is 9.91. The summed E-state index contributed by atoms with van der Waals surface area (Å²) >= 11 is 0. The number of ether oxygens (including phenoxy) is 3. The van der Waals surface area contributed by atoms with Gasteiger partial charge in [-0.15, -0.1) is 13.2 Å². The van der Waals surface area contributed by atoms with Gasteiger partial charge in [-0.2, -0.15) is 0 Å². The van der Waals surface area contributed by atoms with Crippen molar-refractivity contribution < 1.29 is 32.3 Å². The predicted octanol–water partition coefficient (Wildman–Crippen LogP) is 4.76. The highest BCUT2D eigenvalue weighted by Gasteiger charge is 2.41. The maximum absolute atomic E-state index is 12.3. The number of hydrogen-bond donors (Lipinski definition) is 0. The van der Waals surface area contributed by atoms with Crippen molar-refractivity contribution in [3.8, 4) is 17.5 Å². The second kappa shape index (κ2) is 11.1. The number of nitro groups is 1. The lowest BCUT2D eigenvalue weighted by atomic mass is 10.1. The van der Waals surface area contributed by atoms with Crippen molar-refractivity contribution in [2.24, 2.45) is 0 Å². The first-order chi connectivity index (χ1) is 19.1. The van der Waals surface area contributed by atoms with E-state index in [1.807, 2.05) is 43.3 Å². The molecule has 1 aromatic heterocycles. The SMILES string of the molecule is CC1(COc2ccc(N3CCN(CC=Cc4ccc(OC(F)(F)F)cc4)CC3)cc2)Cn2cc([N+](=O)[O-])nc2O1. The van der Waals surface area contributed by atoms with E-state index in [-0.39, 0.29) is 24.2 Å². The van der Waals surface area contributed by atoms with Gasteiger partial charge in [0.05, 0.1) is 6.54 Å². The van der Waals surface area contributed by atoms with Gasteiger partial charge in [0, 0.05) is 43.4 Å². The molecule has 2 aliphatic heterocycles. The van der Waals surface area contributed by atoms with E-state index in [9.17, 15) is 23.3 Å². The van der Waals surface area contributed by atoms with Crippen molar-refractivity contribution in [1.29, 1.82) is 0 Å². The van der Waals surface area contributed by atoms with Gasteiger partial charge in [-0.3, -0.25) is 9.47 Å². The molecule has 3 aromatic rings. The molecule has 1 fully saturated rings. The first-order valence-corrected chi connectivity index (χ1v) is 12.7. The molecule has 3 heterocycles. The lowest BCUT2D eigenvalue weighted by molar-refractivity contribution is -0.389. The number of rotatable bonds is 9. The Morgan fingerprint density at radius 2 is 1.75 bits per heavy atom. The van der Waals surface area contributed by atoms with Crippen molar-refractivity contribution >= 4 is 17.6 Å². The highest BCUT2D eigenvalue weighted by molar-refractivity contribution is 5.51. The summed E-state index contributed by atoms with van der Waals surface area (Å²) in [6, 6.07) is 13.9. The molecule has 1 saturated heterocycles. The van der Waals surface area contributed by atoms with Crippen LogP contribution >= 0.6 is 0 Å². The lowest BCUT2D eigenvalue weighted by Crippen LogP contribution is -2.46. The van der Waals surface area contributed by atoms with E-state index in [4.69, 9.17) is 9.47 Å². The number of fused-ring (bicyclic) bond motifs is 1. The molecule has 1 unspecified atom stereocenters. The quantitative estimate of drug-likeness (QED) is 0.274. The van der Waals surface area contributed by atoms with Gasteiger partial charge in [-0.25, -0.2) is 0 Å². The van der Waals surface area contributed by atoms with Crippen LogP contribution in [-0.2, 0) is 6.54 Å². The fourth-order valence-corrected chi connectivity index (χ4v) is 4.65. The standard InChI is InChI=1S/C27H28F3N5O5/c1-26(18-34-17-24(35(36)37)31-25(34)40-26)19-38-22-10-6-21(7-11-22)33-15-13-32(14-16-33)12-2-3-20-4-8-23(9-5-20)39-27(28,29)30/h2-11,17H,12-16,18-19H2,1H3. The minimum atomic E-state index is -4.69. The monoisotopic (exact) mass is 559 g/mol. The summed E-state index contributed by atoms with van der Waals surface area (Å²) in [4.78, 5) is 18.8. The van der Waals surface area contributed by atoms with E-state index in [0.717, 1.165) is 44.0 Å². The van der Waals surface area contributed by atoms with Gasteiger partial charge >= 0.3 is 18.2 Å². The summed E-state index contributed by atoms with van der Waals surface area (Å²) in [7, 11) is 0. The smallest absolute Gasteiger partial charge is 0.489 e. The van der Waals surface area contributed by atoms with Crippen LogP contribution in [0.15, 0.2) is 60.8 Å². The van der Waals surface area contributed by atoms with E-state index in [1.54, 1.807) is 16.7 Å². The van der Waals surface area contributed by atoms with Gasteiger partial charge < -0.3 is 29.2 Å². The lowest BCUT2D eigenvalue weighted by Gasteiger charge is -2.35. The van der Waals surface area contributed by atoms with Crippen LogP contribution in [0, 0.1) is 10.1 Å². The number of benzene rings is 2. The molecule has 0 amide bonds. The third kappa shape index (κ3) is 6.84. The third-order valence-electron chi connectivity index (χ3n) is 6.66. The maximum atomic E-state index is 12.3. The van der Waals surface area contributed by atoms with Crippen LogP contribution in [0.25, 0.3) is 6.08 Å². The van der Waals surface area contributed by atoms with Crippen LogP contribution in [-0.4, -0.2) is 70.7 Å². The Kier molecular flexibility index (Phi) is 7.57. The van der Waals surface area contributed by atoms with Crippen LogP contribution in [0.5, 0.6) is 17.5 Å². The average Bonchev–Trinajstić information content (AvgIpc) is 3.44. The van der Waals surface area contributed by atoms with Gasteiger partial charge in [-0.05, 0) is 53.8 Å². The zero-order chi connectivity index (χ0) is 28.3. The van der Waals surface area contributed by atoms with Gasteiger partial charge in [0.1, 0.15) is 24.3 Å². The number of anilines is 1. The van der Waals surface area contributed by atoms with Crippen molar-refractivity contribution in [1.82, 2.24) is 14.5 Å². The van der Waals surface area contributed by atoms with Crippen LogP contribution in [0.2, 0.25) is 0 Å². The summed E-state index contributed by atoms with van der Waals surface area (Å²) in [5.74, 6) is 0.227. The predicted molar refractivity (Wildman–Crippen MR) is 141 cm³/mol. The van der Waals surface area contributed by atoms with Crippen LogP contribution in [0.1, 0.15) is 12.5 Å². The van der Waals surface area contributed by atoms with E-state index in [1.165, 1.54) is 18.3 Å². The average molecular weight is 560 g/mol. The number of imidazole rings is 1. The molecule has 13 heteroatoms. The molecule has 10 nitrogen and oxygen atoms in total. The van der Waals surface area contributed by atoms with E-state index < -0.39 is 16.9 Å². The Bertz CT molecular complexity index is 1330. The highest BCUT2D eigenvalue weighted by Crippen LogP contribution is 2.32. The van der Waals surface area contributed by atoms with E-state index in [2.05, 4.69) is 19.5 Å². The second-order valence-corrected chi connectivity index (χ2v) is 9.91. The fraction of sp³-hybridized carbons (Fsp3) is 0.370. The summed E-state index contributed by atoms with van der Waals surface area (Å²) in [6.45, 7) is 6.77. The Hall–Kier alpha value is -4.26. The van der Waals surface area contributed by atoms with Gasteiger partial charge in [0.2, 0.25) is 0 Å². The van der Waals surface area contributed by atoms with Gasteiger partial charge in [-0.1, -0.05) is 24.3 Å². The molecule has 0 bridgehead atoms. The zero-order valence-electron chi connectivity index (χ0n) is 21.7. The highest BCUT2D eigenvalue weighted by atomic mass is 19.4. The topological polar surface area (TPSA) is 95.1 Å². The Balaban J connectivity index is 1.04. The molecule has 0 N–H and O–H groups in total. The first kappa shape index (κ1) is 27.3. The first-order valence-electron chi connectivity index (χ1n) is 12.7. The number of aromatic nitrogens is 2. The number of hydrogen-bond acceptors (Lipinski definition) is 8. The Morgan fingerprint density at radius 1 is 1.07 bits per heavy atom. The molecule has 2 aromatic carbocycles. The molecular weight excluding hydrogens is 531 g/mol. The minimum Gasteiger partial charge on any atom is -0.489 e. The molecule has 212 valence electrons. The van der Waals surface area contributed by atoms with Crippen molar-refractivity contribution in [2.45, 2.75) is 25.4 Å².